The third-order valence-corrected chi connectivity index (χ3v) is 8.52. The van der Waals surface area contributed by atoms with Gasteiger partial charge in [-0.05, 0) is 61.7 Å². The Morgan fingerprint density at radius 3 is 2.43 bits per heavy atom. The Labute approximate surface area is 181 Å². The van der Waals surface area contributed by atoms with Crippen molar-refractivity contribution < 1.29 is 19.4 Å². The maximum atomic E-state index is 13.0. The molecular formula is C24H42N2O4. The molecule has 3 rings (SSSR count). The van der Waals surface area contributed by atoms with Gasteiger partial charge < -0.3 is 20.5 Å². The first kappa shape index (κ1) is 23.5. The average Bonchev–Trinajstić information content (AvgIpc) is 2.71. The van der Waals surface area contributed by atoms with Crippen molar-refractivity contribution in [2.24, 2.45) is 29.1 Å². The molecule has 0 radical (unpaired) electrons. The predicted molar refractivity (Wildman–Crippen MR) is 117 cm³/mol. The second-order valence-electron chi connectivity index (χ2n) is 10.5. The molecule has 3 fully saturated rings. The van der Waals surface area contributed by atoms with E-state index in [1.165, 1.54) is 26.4 Å². The number of nitrogens with one attached hydrogen (secondary N) is 2. The van der Waals surface area contributed by atoms with Crippen molar-refractivity contribution in [3.05, 3.63) is 0 Å². The number of amides is 2. The molecule has 3 aliphatic carbocycles. The van der Waals surface area contributed by atoms with Gasteiger partial charge in [-0.2, -0.15) is 0 Å². The fourth-order valence-corrected chi connectivity index (χ4v) is 6.65. The molecule has 3 aliphatic rings. The van der Waals surface area contributed by atoms with Gasteiger partial charge in [0, 0.05) is 25.1 Å². The van der Waals surface area contributed by atoms with Crippen molar-refractivity contribution in [2.45, 2.75) is 96.7 Å². The van der Waals surface area contributed by atoms with E-state index < -0.39 is 6.10 Å². The third kappa shape index (κ3) is 5.01. The Kier molecular flexibility index (Phi) is 7.83. The highest BCUT2D eigenvalue weighted by molar-refractivity contribution is 5.79. The van der Waals surface area contributed by atoms with Gasteiger partial charge in [0.2, 0.25) is 11.8 Å². The molecule has 0 saturated heterocycles. The molecule has 0 aromatic rings. The molecule has 172 valence electrons. The molecule has 0 aromatic heterocycles. The number of aliphatic hydroxyl groups excluding tert-OH is 1. The van der Waals surface area contributed by atoms with Crippen LogP contribution in [0.2, 0.25) is 0 Å². The van der Waals surface area contributed by atoms with E-state index in [0.717, 1.165) is 38.5 Å². The topological polar surface area (TPSA) is 87.7 Å². The predicted octanol–water partition coefficient (Wildman–Crippen LogP) is 3.03. The van der Waals surface area contributed by atoms with Gasteiger partial charge in [-0.15, -0.1) is 0 Å². The van der Waals surface area contributed by atoms with Crippen molar-refractivity contribution in [3.63, 3.8) is 0 Å². The summed E-state index contributed by atoms with van der Waals surface area (Å²) in [4.78, 5) is 25.0. The van der Waals surface area contributed by atoms with Gasteiger partial charge in [-0.1, -0.05) is 40.0 Å². The number of hydrogen-bond acceptors (Lipinski definition) is 4. The van der Waals surface area contributed by atoms with Crippen LogP contribution in [0.4, 0.5) is 0 Å². The second kappa shape index (κ2) is 9.99. The lowest BCUT2D eigenvalue weighted by molar-refractivity contribution is -0.144. The van der Waals surface area contributed by atoms with Crippen molar-refractivity contribution in [2.75, 3.05) is 13.7 Å². The van der Waals surface area contributed by atoms with Gasteiger partial charge in [0.1, 0.15) is 6.61 Å². The molecular weight excluding hydrogens is 380 g/mol. The smallest absolute Gasteiger partial charge is 0.246 e. The van der Waals surface area contributed by atoms with Crippen LogP contribution in [0, 0.1) is 29.1 Å². The zero-order chi connectivity index (χ0) is 21.9. The molecule has 0 spiro atoms. The average molecular weight is 423 g/mol. The van der Waals surface area contributed by atoms with Crippen LogP contribution in [0.1, 0.15) is 78.6 Å². The summed E-state index contributed by atoms with van der Waals surface area (Å²) >= 11 is 0. The molecule has 0 aromatic carbocycles. The van der Waals surface area contributed by atoms with Crippen LogP contribution in [0.25, 0.3) is 0 Å². The van der Waals surface area contributed by atoms with Gasteiger partial charge in [0.25, 0.3) is 0 Å². The Morgan fingerprint density at radius 2 is 1.77 bits per heavy atom. The lowest BCUT2D eigenvalue weighted by Gasteiger charge is -2.56. The number of fused-ring (bicyclic) bond motifs is 1. The largest absolute Gasteiger partial charge is 0.392 e. The lowest BCUT2D eigenvalue weighted by atomic mass is 9.51. The summed E-state index contributed by atoms with van der Waals surface area (Å²) in [6.45, 7) is 6.49. The number of hydrogen-bond donors (Lipinski definition) is 3. The number of aliphatic hydroxyl groups is 1. The number of carbonyl (C=O) groups excluding carboxylic acids is 2. The van der Waals surface area contributed by atoms with Gasteiger partial charge in [-0.25, -0.2) is 0 Å². The van der Waals surface area contributed by atoms with Crippen molar-refractivity contribution in [1.82, 2.24) is 10.6 Å². The Balaban J connectivity index is 1.66. The minimum absolute atomic E-state index is 0.0254. The normalized spacial score (nSPS) is 38.4. The third-order valence-electron chi connectivity index (χ3n) is 8.52. The Morgan fingerprint density at radius 1 is 1.10 bits per heavy atom. The van der Waals surface area contributed by atoms with Crippen LogP contribution in [0.3, 0.4) is 0 Å². The van der Waals surface area contributed by atoms with Crippen LogP contribution >= 0.6 is 0 Å². The van der Waals surface area contributed by atoms with Crippen LogP contribution in [0.15, 0.2) is 0 Å². The van der Waals surface area contributed by atoms with E-state index >= 15 is 0 Å². The maximum absolute atomic E-state index is 13.0. The summed E-state index contributed by atoms with van der Waals surface area (Å²) in [7, 11) is 1.52. The number of methoxy groups -OCH3 is 1. The first-order chi connectivity index (χ1) is 14.3. The minimum atomic E-state index is -0.520. The SMILES string of the molecule is COCC(=O)N[C@H]1CC[C@]2(C)CCC([C@H](C)C(=O)NC3CCCCC3)[C@H](O)[C@H]2[C@@H]1C. The molecule has 0 heterocycles. The summed E-state index contributed by atoms with van der Waals surface area (Å²) in [5.74, 6) is 0.0337. The van der Waals surface area contributed by atoms with E-state index in [0.29, 0.717) is 6.04 Å². The quantitative estimate of drug-likeness (QED) is 0.614. The summed E-state index contributed by atoms with van der Waals surface area (Å²) in [5.41, 5.74) is 0.0668. The van der Waals surface area contributed by atoms with Crippen molar-refractivity contribution in [3.8, 4) is 0 Å². The van der Waals surface area contributed by atoms with Crippen LogP contribution < -0.4 is 10.6 Å². The molecule has 30 heavy (non-hydrogen) atoms. The number of rotatable bonds is 6. The highest BCUT2D eigenvalue weighted by Gasteiger charge is 2.53. The summed E-state index contributed by atoms with van der Waals surface area (Å²) in [6.07, 6.45) is 9.13. The molecule has 0 bridgehead atoms. The standard InChI is InChI=1S/C24H42N2O4/c1-15(23(29)25-17-8-6-5-7-9-17)18-10-12-24(3)13-11-19(26-20(27)14-30-4)16(2)21(24)22(18)28/h15-19,21-22,28H,5-14H2,1-4H3,(H,25,29)(H,26,27)/t15-,16+,18?,19-,21+,22-,24-/m0/s1. The molecule has 6 heteroatoms. The summed E-state index contributed by atoms with van der Waals surface area (Å²) < 4.78 is 4.96. The van der Waals surface area contributed by atoms with Crippen LogP contribution in [-0.2, 0) is 14.3 Å². The van der Waals surface area contributed by atoms with Gasteiger partial charge >= 0.3 is 0 Å². The highest BCUT2D eigenvalue weighted by atomic mass is 16.5. The zero-order valence-corrected chi connectivity index (χ0v) is 19.3. The molecule has 1 unspecified atom stereocenters. The van der Waals surface area contributed by atoms with E-state index in [1.807, 2.05) is 6.92 Å². The van der Waals surface area contributed by atoms with Crippen LogP contribution in [0.5, 0.6) is 0 Å². The molecule has 3 saturated carbocycles. The first-order valence-electron chi connectivity index (χ1n) is 12.0. The van der Waals surface area contributed by atoms with E-state index in [-0.39, 0.29) is 53.5 Å². The number of carbonyl (C=O) groups is 2. The fourth-order valence-electron chi connectivity index (χ4n) is 6.65. The lowest BCUT2D eigenvalue weighted by Crippen LogP contribution is -2.59. The highest BCUT2D eigenvalue weighted by Crippen LogP contribution is 2.55. The van der Waals surface area contributed by atoms with Gasteiger partial charge in [-0.3, -0.25) is 9.59 Å². The van der Waals surface area contributed by atoms with E-state index in [1.54, 1.807) is 0 Å². The summed E-state index contributed by atoms with van der Waals surface area (Å²) in [6, 6.07) is 0.346. The Bertz CT molecular complexity index is 606. The second-order valence-corrected chi connectivity index (χ2v) is 10.5. The van der Waals surface area contributed by atoms with E-state index in [9.17, 15) is 14.7 Å². The molecule has 0 aliphatic heterocycles. The summed E-state index contributed by atoms with van der Waals surface area (Å²) in [5, 5.41) is 17.8. The van der Waals surface area contributed by atoms with Crippen LogP contribution in [-0.4, -0.2) is 48.8 Å². The number of ether oxygens (including phenoxy) is 1. The van der Waals surface area contributed by atoms with Gasteiger partial charge in [0.15, 0.2) is 0 Å². The Hall–Kier alpha value is -1.14. The van der Waals surface area contributed by atoms with E-state index in [2.05, 4.69) is 24.5 Å². The minimum Gasteiger partial charge on any atom is -0.392 e. The first-order valence-corrected chi connectivity index (χ1v) is 12.0. The molecule has 6 nitrogen and oxygen atoms in total. The molecule has 3 N–H and O–H groups in total. The molecule has 2 amide bonds. The maximum Gasteiger partial charge on any atom is 0.246 e. The van der Waals surface area contributed by atoms with Gasteiger partial charge in [0.05, 0.1) is 6.10 Å². The van der Waals surface area contributed by atoms with Crippen molar-refractivity contribution in [1.29, 1.82) is 0 Å². The molecule has 7 atom stereocenters. The van der Waals surface area contributed by atoms with Crippen molar-refractivity contribution >= 4 is 11.8 Å². The van der Waals surface area contributed by atoms with E-state index in [4.69, 9.17) is 4.74 Å². The monoisotopic (exact) mass is 422 g/mol. The zero-order valence-electron chi connectivity index (χ0n) is 19.3. The fraction of sp³-hybridized carbons (Fsp3) is 0.917.